The van der Waals surface area contributed by atoms with Crippen LogP contribution in [0.2, 0.25) is 0 Å². The summed E-state index contributed by atoms with van der Waals surface area (Å²) in [6.45, 7) is 4.19. The monoisotopic (exact) mass is 358 g/mol. The van der Waals surface area contributed by atoms with Gasteiger partial charge in [-0.05, 0) is 47.7 Å². The highest BCUT2D eigenvalue weighted by atomic mass is 79.9. The van der Waals surface area contributed by atoms with Gasteiger partial charge in [-0.1, -0.05) is 13.3 Å². The number of hydrogen-bond acceptors (Lipinski definition) is 1. The third-order valence-electron chi connectivity index (χ3n) is 4.26. The van der Waals surface area contributed by atoms with Gasteiger partial charge < -0.3 is 4.57 Å². The first kappa shape index (κ1) is 14.3. The van der Waals surface area contributed by atoms with Crippen LogP contribution < -0.4 is 0 Å². The first-order valence-corrected chi connectivity index (χ1v) is 8.23. The van der Waals surface area contributed by atoms with Crippen LogP contribution in [-0.2, 0) is 0 Å². The van der Waals surface area contributed by atoms with E-state index in [2.05, 4.69) is 32.4 Å². The van der Waals surface area contributed by atoms with Crippen LogP contribution in [-0.4, -0.2) is 9.55 Å². The summed E-state index contributed by atoms with van der Waals surface area (Å²) in [5.74, 6) is 1.17. The highest BCUT2D eigenvalue weighted by Crippen LogP contribution is 2.40. The van der Waals surface area contributed by atoms with Crippen molar-refractivity contribution in [3.05, 3.63) is 28.2 Å². The largest absolute Gasteiger partial charge is 0.323 e. The van der Waals surface area contributed by atoms with E-state index in [4.69, 9.17) is 11.6 Å². The minimum Gasteiger partial charge on any atom is -0.323 e. The van der Waals surface area contributed by atoms with Crippen molar-refractivity contribution in [3.8, 4) is 0 Å². The fourth-order valence-corrected chi connectivity index (χ4v) is 3.73. The number of alkyl halides is 1. The Morgan fingerprint density at radius 2 is 2.20 bits per heavy atom. The highest BCUT2D eigenvalue weighted by Gasteiger charge is 2.29. The molecule has 0 radical (unpaired) electrons. The lowest BCUT2D eigenvalue weighted by molar-refractivity contribution is 0.405. The molecule has 3 atom stereocenters. The third-order valence-corrected chi connectivity index (χ3v) is 5.07. The van der Waals surface area contributed by atoms with Crippen LogP contribution in [0, 0.1) is 11.7 Å². The molecule has 108 valence electrons. The molecule has 1 heterocycles. The van der Waals surface area contributed by atoms with Crippen molar-refractivity contribution in [2.24, 2.45) is 5.92 Å². The Morgan fingerprint density at radius 1 is 1.45 bits per heavy atom. The van der Waals surface area contributed by atoms with E-state index in [0.29, 0.717) is 21.9 Å². The number of halogens is 3. The molecule has 0 saturated heterocycles. The number of hydrogen-bond donors (Lipinski definition) is 0. The first-order valence-electron chi connectivity index (χ1n) is 7.00. The van der Waals surface area contributed by atoms with Crippen LogP contribution in [0.3, 0.4) is 0 Å². The molecule has 0 amide bonds. The Kier molecular flexibility index (Phi) is 3.80. The van der Waals surface area contributed by atoms with Crippen molar-refractivity contribution in [1.29, 1.82) is 0 Å². The summed E-state index contributed by atoms with van der Waals surface area (Å²) < 4.78 is 16.4. The van der Waals surface area contributed by atoms with Gasteiger partial charge in [0.2, 0.25) is 0 Å². The van der Waals surface area contributed by atoms with E-state index < -0.39 is 0 Å². The van der Waals surface area contributed by atoms with Crippen LogP contribution in [0.15, 0.2) is 16.6 Å². The molecule has 0 spiro atoms. The summed E-state index contributed by atoms with van der Waals surface area (Å²) in [6, 6.07) is 3.72. The molecular weight excluding hydrogens is 343 g/mol. The number of rotatable bonds is 2. The van der Waals surface area contributed by atoms with Gasteiger partial charge in [-0.15, -0.1) is 11.6 Å². The van der Waals surface area contributed by atoms with E-state index in [1.807, 2.05) is 13.0 Å². The van der Waals surface area contributed by atoms with Gasteiger partial charge in [0.25, 0.3) is 0 Å². The quantitative estimate of drug-likeness (QED) is 0.638. The standard InChI is InChI=1S/C15H17BrClFN2/c1-8-4-3-5-13(8)20-14-6-10(16)11(18)7-12(14)19-15(20)9(2)17/h6-9,13H,3-5H2,1-2H3. The molecule has 3 rings (SSSR count). The molecule has 5 heteroatoms. The normalized spacial score (nSPS) is 24.4. The van der Waals surface area contributed by atoms with Gasteiger partial charge in [0, 0.05) is 12.1 Å². The van der Waals surface area contributed by atoms with Crippen LogP contribution in [0.1, 0.15) is 50.4 Å². The Morgan fingerprint density at radius 3 is 2.80 bits per heavy atom. The summed E-state index contributed by atoms with van der Waals surface area (Å²) in [6.07, 6.45) is 3.59. The van der Waals surface area contributed by atoms with Crippen molar-refractivity contribution >= 4 is 38.6 Å². The van der Waals surface area contributed by atoms with Crippen LogP contribution in [0.25, 0.3) is 11.0 Å². The lowest BCUT2D eigenvalue weighted by atomic mass is 10.1. The van der Waals surface area contributed by atoms with E-state index in [1.54, 1.807) is 0 Å². The van der Waals surface area contributed by atoms with E-state index in [0.717, 1.165) is 17.8 Å². The maximum absolute atomic E-state index is 13.7. The van der Waals surface area contributed by atoms with Gasteiger partial charge in [-0.3, -0.25) is 0 Å². The van der Waals surface area contributed by atoms with E-state index >= 15 is 0 Å². The third kappa shape index (κ3) is 2.27. The molecule has 1 aliphatic carbocycles. The molecule has 0 N–H and O–H groups in total. The smallest absolute Gasteiger partial charge is 0.139 e. The van der Waals surface area contributed by atoms with Gasteiger partial charge in [-0.25, -0.2) is 9.37 Å². The molecule has 1 aliphatic rings. The van der Waals surface area contributed by atoms with Crippen molar-refractivity contribution in [3.63, 3.8) is 0 Å². The summed E-state index contributed by atoms with van der Waals surface area (Å²) in [7, 11) is 0. The van der Waals surface area contributed by atoms with Gasteiger partial charge in [0.15, 0.2) is 0 Å². The molecule has 2 nitrogen and oxygen atoms in total. The maximum Gasteiger partial charge on any atom is 0.139 e. The minimum absolute atomic E-state index is 0.183. The molecule has 1 aromatic carbocycles. The first-order chi connectivity index (χ1) is 9.49. The fourth-order valence-electron chi connectivity index (χ4n) is 3.25. The number of imidazole rings is 1. The van der Waals surface area contributed by atoms with Crippen LogP contribution in [0.5, 0.6) is 0 Å². The summed E-state index contributed by atoms with van der Waals surface area (Å²) in [4.78, 5) is 4.56. The predicted molar refractivity (Wildman–Crippen MR) is 83.7 cm³/mol. The van der Waals surface area contributed by atoms with E-state index in [-0.39, 0.29) is 11.2 Å². The van der Waals surface area contributed by atoms with Crippen molar-refractivity contribution in [2.75, 3.05) is 0 Å². The second-order valence-corrected chi connectivity index (χ2v) is 7.20. The van der Waals surface area contributed by atoms with Gasteiger partial charge >= 0.3 is 0 Å². The molecule has 0 bridgehead atoms. The highest BCUT2D eigenvalue weighted by molar-refractivity contribution is 9.10. The molecule has 20 heavy (non-hydrogen) atoms. The second kappa shape index (κ2) is 5.30. The van der Waals surface area contributed by atoms with Crippen LogP contribution >= 0.6 is 27.5 Å². The number of benzene rings is 1. The van der Waals surface area contributed by atoms with Crippen molar-refractivity contribution in [2.45, 2.75) is 44.5 Å². The molecular formula is C15H17BrClFN2. The Bertz CT molecular complexity index is 653. The topological polar surface area (TPSA) is 17.8 Å². The number of fused-ring (bicyclic) bond motifs is 1. The minimum atomic E-state index is -0.282. The molecule has 1 fully saturated rings. The lowest BCUT2D eigenvalue weighted by Gasteiger charge is -2.22. The maximum atomic E-state index is 13.7. The Labute approximate surface area is 131 Å². The zero-order valence-corrected chi connectivity index (χ0v) is 13.9. The van der Waals surface area contributed by atoms with E-state index in [1.165, 1.54) is 18.9 Å². The molecule has 1 aromatic heterocycles. The zero-order valence-electron chi connectivity index (χ0n) is 11.5. The second-order valence-electron chi connectivity index (χ2n) is 5.69. The molecule has 2 aromatic rings. The summed E-state index contributed by atoms with van der Waals surface area (Å²) in [5, 5.41) is -0.183. The zero-order chi connectivity index (χ0) is 14.4. The van der Waals surface area contributed by atoms with Crippen LogP contribution in [0.4, 0.5) is 4.39 Å². The summed E-state index contributed by atoms with van der Waals surface area (Å²) >= 11 is 9.57. The van der Waals surface area contributed by atoms with Gasteiger partial charge in [0.05, 0.1) is 20.9 Å². The van der Waals surface area contributed by atoms with Gasteiger partial charge in [-0.2, -0.15) is 0 Å². The van der Waals surface area contributed by atoms with Gasteiger partial charge in [0.1, 0.15) is 11.6 Å². The average Bonchev–Trinajstić information content (AvgIpc) is 2.93. The summed E-state index contributed by atoms with van der Waals surface area (Å²) in [5.41, 5.74) is 1.66. The predicted octanol–water partition coefficient (Wildman–Crippen LogP) is 5.60. The fraction of sp³-hybridized carbons (Fsp3) is 0.533. The average molecular weight is 360 g/mol. The molecule has 0 aliphatic heterocycles. The molecule has 1 saturated carbocycles. The number of aromatic nitrogens is 2. The molecule has 3 unspecified atom stereocenters. The van der Waals surface area contributed by atoms with Crippen molar-refractivity contribution < 1.29 is 4.39 Å². The Balaban J connectivity index is 2.26. The SMILES string of the molecule is CC(Cl)c1nc2cc(F)c(Br)cc2n1C1CCCC1C. The number of nitrogens with zero attached hydrogens (tertiary/aromatic N) is 2. The Hall–Kier alpha value is -0.610. The van der Waals surface area contributed by atoms with E-state index in [9.17, 15) is 4.39 Å². The van der Waals surface area contributed by atoms with Crippen molar-refractivity contribution in [1.82, 2.24) is 9.55 Å². The lowest BCUT2D eigenvalue weighted by Crippen LogP contribution is -2.15.